The summed E-state index contributed by atoms with van der Waals surface area (Å²) in [5.41, 5.74) is -0.519. The number of hydrogen-bond acceptors (Lipinski definition) is 6. The van der Waals surface area contributed by atoms with Crippen molar-refractivity contribution in [3.63, 3.8) is 0 Å². The van der Waals surface area contributed by atoms with E-state index in [1.807, 2.05) is 0 Å². The van der Waals surface area contributed by atoms with Gasteiger partial charge in [0.15, 0.2) is 5.69 Å². The molecule has 0 spiro atoms. The van der Waals surface area contributed by atoms with Crippen molar-refractivity contribution in [2.24, 2.45) is 7.05 Å². The summed E-state index contributed by atoms with van der Waals surface area (Å²) in [6.07, 6.45) is 2.15. The number of aryl methyl sites for hydroxylation is 1. The van der Waals surface area contributed by atoms with Crippen LogP contribution in [0, 0.1) is 5.82 Å². The molecule has 1 saturated heterocycles. The van der Waals surface area contributed by atoms with Gasteiger partial charge in [0.2, 0.25) is 15.8 Å². The first-order valence-corrected chi connectivity index (χ1v) is 11.6. The molecule has 1 aromatic carbocycles. The lowest BCUT2D eigenvalue weighted by Crippen LogP contribution is -2.38. The van der Waals surface area contributed by atoms with Gasteiger partial charge in [-0.05, 0) is 37.0 Å². The zero-order valence-corrected chi connectivity index (χ0v) is 18.0. The van der Waals surface area contributed by atoms with Crippen molar-refractivity contribution in [3.8, 4) is 5.75 Å². The Hall–Kier alpha value is -2.79. The molecule has 1 aliphatic heterocycles. The molecule has 2 heterocycles. The molecular formula is C20H25FN4O5S. The van der Waals surface area contributed by atoms with Crippen molar-refractivity contribution in [2.75, 3.05) is 18.8 Å². The van der Waals surface area contributed by atoms with E-state index in [9.17, 15) is 27.5 Å². The average Bonchev–Trinajstić information content (AvgIpc) is 2.74. The predicted molar refractivity (Wildman–Crippen MR) is 112 cm³/mol. The minimum Gasteiger partial charge on any atom is -0.501 e. The smallest absolute Gasteiger partial charge is 0.296 e. The third kappa shape index (κ3) is 5.47. The van der Waals surface area contributed by atoms with E-state index in [2.05, 4.69) is 10.3 Å². The molecular weight excluding hydrogens is 427 g/mol. The molecule has 9 nitrogen and oxygen atoms in total. The van der Waals surface area contributed by atoms with Crippen LogP contribution in [0.5, 0.6) is 5.75 Å². The summed E-state index contributed by atoms with van der Waals surface area (Å²) in [7, 11) is -1.81. The van der Waals surface area contributed by atoms with Crippen LogP contribution >= 0.6 is 0 Å². The topological polar surface area (TPSA) is 122 Å². The van der Waals surface area contributed by atoms with Gasteiger partial charge in [0.25, 0.3) is 11.5 Å². The lowest BCUT2D eigenvalue weighted by molar-refractivity contribution is 0.0941. The summed E-state index contributed by atoms with van der Waals surface area (Å²) in [5.74, 6) is -1.49. The Labute approximate surface area is 179 Å². The summed E-state index contributed by atoms with van der Waals surface area (Å²) in [6, 6.07) is 5.53. The van der Waals surface area contributed by atoms with Crippen molar-refractivity contribution in [1.82, 2.24) is 19.2 Å². The first-order chi connectivity index (χ1) is 14.7. The molecule has 0 saturated carbocycles. The Morgan fingerprint density at radius 2 is 1.97 bits per heavy atom. The van der Waals surface area contributed by atoms with Crippen LogP contribution in [0.3, 0.4) is 0 Å². The normalized spacial score (nSPS) is 16.2. The van der Waals surface area contributed by atoms with Gasteiger partial charge in [0.05, 0.1) is 5.75 Å². The van der Waals surface area contributed by atoms with Gasteiger partial charge in [-0.25, -0.2) is 22.1 Å². The van der Waals surface area contributed by atoms with Gasteiger partial charge in [0.1, 0.15) is 11.6 Å². The number of halogens is 1. The molecule has 2 N–H and O–H groups in total. The summed E-state index contributed by atoms with van der Waals surface area (Å²) in [5, 5.41) is 12.7. The van der Waals surface area contributed by atoms with Crippen LogP contribution in [0.25, 0.3) is 0 Å². The largest absolute Gasteiger partial charge is 0.501 e. The second-order valence-electron chi connectivity index (χ2n) is 7.42. The lowest BCUT2D eigenvalue weighted by atomic mass is 10.2. The Balaban J connectivity index is 1.69. The quantitative estimate of drug-likeness (QED) is 0.644. The average molecular weight is 453 g/mol. The molecule has 11 heteroatoms. The van der Waals surface area contributed by atoms with E-state index in [4.69, 9.17) is 0 Å². The number of benzene rings is 1. The SMILES string of the molecule is Cn1c(CCCN2CCCCS2(=O)=O)nc(C(=O)NCc2ccc(F)cc2)c(O)c1=O. The summed E-state index contributed by atoms with van der Waals surface area (Å²) in [6.45, 7) is 0.837. The van der Waals surface area contributed by atoms with Crippen LogP contribution in [-0.4, -0.2) is 52.1 Å². The standard InChI is InChI=1S/C20H25FN4O5S/c1-24-16(5-4-11-25-10-2-3-12-31(25,29)30)23-17(18(26)20(24)28)19(27)22-13-14-6-8-15(21)9-7-14/h6-9,26H,2-5,10-13H2,1H3,(H,22,27). The molecule has 2 aromatic rings. The van der Waals surface area contributed by atoms with E-state index in [-0.39, 0.29) is 24.5 Å². The Kier molecular flexibility index (Phi) is 7.06. The molecule has 168 valence electrons. The highest BCUT2D eigenvalue weighted by atomic mass is 32.2. The minimum atomic E-state index is -3.24. The van der Waals surface area contributed by atoms with Gasteiger partial charge in [-0.1, -0.05) is 12.1 Å². The van der Waals surface area contributed by atoms with E-state index in [0.717, 1.165) is 11.0 Å². The van der Waals surface area contributed by atoms with Crippen LogP contribution in [0.4, 0.5) is 4.39 Å². The number of hydrogen-bond donors (Lipinski definition) is 2. The number of amides is 1. The molecule has 0 radical (unpaired) electrons. The van der Waals surface area contributed by atoms with E-state index in [1.165, 1.54) is 35.6 Å². The maximum absolute atomic E-state index is 13.0. The van der Waals surface area contributed by atoms with Crippen molar-refractivity contribution in [2.45, 2.75) is 32.2 Å². The molecule has 31 heavy (non-hydrogen) atoms. The summed E-state index contributed by atoms with van der Waals surface area (Å²) >= 11 is 0. The zero-order valence-electron chi connectivity index (χ0n) is 17.2. The fraction of sp³-hybridized carbons (Fsp3) is 0.450. The molecule has 1 amide bonds. The lowest BCUT2D eigenvalue weighted by Gasteiger charge is -2.26. The van der Waals surface area contributed by atoms with Crippen LogP contribution < -0.4 is 10.9 Å². The Bertz CT molecular complexity index is 1120. The highest BCUT2D eigenvalue weighted by Gasteiger charge is 2.25. The van der Waals surface area contributed by atoms with Crippen LogP contribution in [-0.2, 0) is 30.0 Å². The first kappa shape index (κ1) is 22.9. The van der Waals surface area contributed by atoms with Gasteiger partial charge < -0.3 is 10.4 Å². The van der Waals surface area contributed by atoms with E-state index >= 15 is 0 Å². The van der Waals surface area contributed by atoms with E-state index in [1.54, 1.807) is 0 Å². The Morgan fingerprint density at radius 1 is 1.26 bits per heavy atom. The van der Waals surface area contributed by atoms with Gasteiger partial charge in [-0.15, -0.1) is 0 Å². The summed E-state index contributed by atoms with van der Waals surface area (Å²) < 4.78 is 39.8. The van der Waals surface area contributed by atoms with Gasteiger partial charge in [0, 0.05) is 33.1 Å². The third-order valence-corrected chi connectivity index (χ3v) is 7.16. The molecule has 0 aliphatic carbocycles. The number of nitrogens with zero attached hydrogens (tertiary/aromatic N) is 3. The van der Waals surface area contributed by atoms with Crippen molar-refractivity contribution < 1.29 is 22.7 Å². The highest BCUT2D eigenvalue weighted by Crippen LogP contribution is 2.15. The van der Waals surface area contributed by atoms with Crippen molar-refractivity contribution in [3.05, 3.63) is 57.5 Å². The third-order valence-electron chi connectivity index (χ3n) is 5.20. The number of nitrogens with one attached hydrogen (secondary N) is 1. The van der Waals surface area contributed by atoms with Gasteiger partial charge in [-0.2, -0.15) is 0 Å². The van der Waals surface area contributed by atoms with Crippen molar-refractivity contribution >= 4 is 15.9 Å². The second kappa shape index (κ2) is 9.56. The minimum absolute atomic E-state index is 0.0671. The number of aromatic hydroxyl groups is 1. The molecule has 3 rings (SSSR count). The number of carbonyl (C=O) groups is 1. The monoisotopic (exact) mass is 452 g/mol. The van der Waals surface area contributed by atoms with Gasteiger partial charge >= 0.3 is 0 Å². The van der Waals surface area contributed by atoms with Crippen LogP contribution in [0.2, 0.25) is 0 Å². The van der Waals surface area contributed by atoms with Gasteiger partial charge in [-0.3, -0.25) is 14.2 Å². The number of sulfonamides is 1. The first-order valence-electron chi connectivity index (χ1n) is 9.98. The number of rotatable bonds is 7. The molecule has 0 atom stereocenters. The van der Waals surface area contributed by atoms with Crippen LogP contribution in [0.1, 0.15) is 41.1 Å². The zero-order chi connectivity index (χ0) is 22.6. The second-order valence-corrected chi connectivity index (χ2v) is 9.51. The fourth-order valence-corrected chi connectivity index (χ4v) is 5.03. The molecule has 1 fully saturated rings. The molecule has 1 aliphatic rings. The van der Waals surface area contributed by atoms with E-state index in [0.29, 0.717) is 31.5 Å². The van der Waals surface area contributed by atoms with Crippen LogP contribution in [0.15, 0.2) is 29.1 Å². The molecule has 0 unspecified atom stereocenters. The number of aromatic nitrogens is 2. The summed E-state index contributed by atoms with van der Waals surface area (Å²) in [4.78, 5) is 29.0. The maximum Gasteiger partial charge on any atom is 0.296 e. The molecule has 0 bridgehead atoms. The highest BCUT2D eigenvalue weighted by molar-refractivity contribution is 7.89. The van der Waals surface area contributed by atoms with Crippen molar-refractivity contribution in [1.29, 1.82) is 0 Å². The Morgan fingerprint density at radius 3 is 2.65 bits per heavy atom. The van der Waals surface area contributed by atoms with E-state index < -0.39 is 38.8 Å². The maximum atomic E-state index is 13.0. The fourth-order valence-electron chi connectivity index (χ4n) is 3.39. The number of carbonyl (C=O) groups excluding carboxylic acids is 1. The predicted octanol–water partition coefficient (Wildman–Crippen LogP) is 0.913. The molecule has 1 aromatic heterocycles.